The van der Waals surface area contributed by atoms with Crippen LogP contribution in [0.2, 0.25) is 0 Å². The van der Waals surface area contributed by atoms with Gasteiger partial charge in [0, 0.05) is 51.4 Å². The highest BCUT2D eigenvalue weighted by Gasteiger charge is 2.39. The van der Waals surface area contributed by atoms with Crippen LogP contribution in [0, 0.1) is 5.92 Å². The molecule has 26 heavy (non-hydrogen) atoms. The quantitative estimate of drug-likeness (QED) is 0.788. The maximum atomic E-state index is 12.3. The molecular formula is C19H29N5O2. The van der Waals surface area contributed by atoms with E-state index in [4.69, 9.17) is 0 Å². The molecule has 0 aromatic carbocycles. The number of hydrogen-bond donors (Lipinski definition) is 2. The number of aromatic nitrogens is 1. The Labute approximate surface area is 155 Å². The molecule has 7 nitrogen and oxygen atoms in total. The van der Waals surface area contributed by atoms with E-state index in [0.717, 1.165) is 44.8 Å². The number of carbonyl (C=O) groups is 2. The van der Waals surface area contributed by atoms with E-state index in [-0.39, 0.29) is 5.91 Å². The number of anilines is 1. The Morgan fingerprint density at radius 1 is 1.35 bits per heavy atom. The summed E-state index contributed by atoms with van der Waals surface area (Å²) in [6, 6.07) is 4.11. The molecule has 0 unspecified atom stereocenters. The molecule has 2 amide bonds. The van der Waals surface area contributed by atoms with Crippen LogP contribution >= 0.6 is 0 Å². The number of carbonyl (C=O) groups excluding carboxylic acids is 2. The predicted molar refractivity (Wildman–Crippen MR) is 101 cm³/mol. The molecule has 2 aliphatic rings. The number of fused-ring (bicyclic) bond motifs is 1. The van der Waals surface area contributed by atoms with Gasteiger partial charge in [0.15, 0.2) is 0 Å². The Balaban J connectivity index is 1.64. The summed E-state index contributed by atoms with van der Waals surface area (Å²) in [5.41, 5.74) is 0.590. The van der Waals surface area contributed by atoms with E-state index in [9.17, 15) is 9.59 Å². The molecule has 3 heterocycles. The third kappa shape index (κ3) is 3.98. The molecular weight excluding hydrogens is 330 g/mol. The molecule has 7 heteroatoms. The molecule has 2 saturated heterocycles. The van der Waals surface area contributed by atoms with Crippen molar-refractivity contribution in [1.29, 1.82) is 0 Å². The SMILES string of the molecule is CCNC(=O)c1ccc(N2CC[C@@H]3[C@@H](CCC(=O)N3CCNC)C2)nc1. The average molecular weight is 359 g/mol. The summed E-state index contributed by atoms with van der Waals surface area (Å²) in [5.74, 6) is 1.61. The number of pyridine rings is 1. The monoisotopic (exact) mass is 359 g/mol. The van der Waals surface area contributed by atoms with E-state index in [0.29, 0.717) is 36.4 Å². The number of nitrogens with zero attached hydrogens (tertiary/aromatic N) is 3. The van der Waals surface area contributed by atoms with Crippen LogP contribution in [0.5, 0.6) is 0 Å². The number of amides is 2. The second-order valence-electron chi connectivity index (χ2n) is 7.06. The molecule has 0 aliphatic carbocycles. The summed E-state index contributed by atoms with van der Waals surface area (Å²) in [6.45, 7) is 5.94. The fourth-order valence-electron chi connectivity index (χ4n) is 4.05. The minimum Gasteiger partial charge on any atom is -0.356 e. The van der Waals surface area contributed by atoms with Crippen molar-refractivity contribution in [2.75, 3.05) is 44.7 Å². The minimum atomic E-state index is -0.0868. The van der Waals surface area contributed by atoms with Gasteiger partial charge < -0.3 is 20.4 Å². The second kappa shape index (κ2) is 8.49. The zero-order valence-corrected chi connectivity index (χ0v) is 15.7. The summed E-state index contributed by atoms with van der Waals surface area (Å²) < 4.78 is 0. The highest BCUT2D eigenvalue weighted by molar-refractivity contribution is 5.94. The first-order chi connectivity index (χ1) is 12.6. The number of nitrogens with one attached hydrogen (secondary N) is 2. The Morgan fingerprint density at radius 2 is 2.19 bits per heavy atom. The van der Waals surface area contributed by atoms with Crippen molar-refractivity contribution in [3.8, 4) is 0 Å². The van der Waals surface area contributed by atoms with Crippen molar-refractivity contribution in [3.63, 3.8) is 0 Å². The minimum absolute atomic E-state index is 0.0868. The summed E-state index contributed by atoms with van der Waals surface area (Å²) in [4.78, 5) is 33.0. The summed E-state index contributed by atoms with van der Waals surface area (Å²) >= 11 is 0. The van der Waals surface area contributed by atoms with Gasteiger partial charge in [0.25, 0.3) is 5.91 Å². The van der Waals surface area contributed by atoms with E-state index in [1.165, 1.54) is 0 Å². The molecule has 0 bridgehead atoms. The fourth-order valence-corrected chi connectivity index (χ4v) is 4.05. The molecule has 2 atom stereocenters. The normalized spacial score (nSPS) is 22.9. The van der Waals surface area contributed by atoms with Crippen LogP contribution < -0.4 is 15.5 Å². The van der Waals surface area contributed by atoms with Crippen molar-refractivity contribution in [2.45, 2.75) is 32.2 Å². The van der Waals surface area contributed by atoms with E-state index in [1.807, 2.05) is 26.1 Å². The molecule has 0 saturated carbocycles. The number of piperidine rings is 2. The lowest BCUT2D eigenvalue weighted by Crippen LogP contribution is -2.57. The largest absolute Gasteiger partial charge is 0.356 e. The van der Waals surface area contributed by atoms with Crippen LogP contribution in [0.3, 0.4) is 0 Å². The maximum Gasteiger partial charge on any atom is 0.252 e. The fraction of sp³-hybridized carbons (Fsp3) is 0.632. The summed E-state index contributed by atoms with van der Waals surface area (Å²) in [7, 11) is 1.92. The molecule has 2 N–H and O–H groups in total. The van der Waals surface area contributed by atoms with E-state index in [2.05, 4.69) is 25.4 Å². The Bertz CT molecular complexity index is 633. The van der Waals surface area contributed by atoms with Crippen LogP contribution in [0.15, 0.2) is 18.3 Å². The van der Waals surface area contributed by atoms with Crippen molar-refractivity contribution in [1.82, 2.24) is 20.5 Å². The summed E-state index contributed by atoms with van der Waals surface area (Å²) in [6.07, 6.45) is 4.21. The Hall–Kier alpha value is -2.15. The average Bonchev–Trinajstić information content (AvgIpc) is 2.67. The zero-order valence-electron chi connectivity index (χ0n) is 15.7. The van der Waals surface area contributed by atoms with Crippen molar-refractivity contribution in [3.05, 3.63) is 23.9 Å². The lowest BCUT2D eigenvalue weighted by Gasteiger charge is -2.47. The van der Waals surface area contributed by atoms with Crippen LogP contribution in [-0.4, -0.2) is 67.5 Å². The van der Waals surface area contributed by atoms with Crippen LogP contribution in [0.1, 0.15) is 36.5 Å². The molecule has 1 aromatic rings. The van der Waals surface area contributed by atoms with Crippen LogP contribution in [-0.2, 0) is 4.79 Å². The van der Waals surface area contributed by atoms with Gasteiger partial charge in [0.2, 0.25) is 5.91 Å². The number of likely N-dealkylation sites (tertiary alicyclic amines) is 1. The molecule has 0 radical (unpaired) electrons. The Kier molecular flexibility index (Phi) is 6.08. The van der Waals surface area contributed by atoms with Gasteiger partial charge in [-0.2, -0.15) is 0 Å². The molecule has 3 rings (SSSR count). The second-order valence-corrected chi connectivity index (χ2v) is 7.06. The zero-order chi connectivity index (χ0) is 18.5. The van der Waals surface area contributed by atoms with Crippen LogP contribution in [0.25, 0.3) is 0 Å². The smallest absolute Gasteiger partial charge is 0.252 e. The first-order valence-electron chi connectivity index (χ1n) is 9.57. The van der Waals surface area contributed by atoms with Gasteiger partial charge in [-0.1, -0.05) is 0 Å². The topological polar surface area (TPSA) is 77.6 Å². The molecule has 2 fully saturated rings. The maximum absolute atomic E-state index is 12.3. The standard InChI is InChI=1S/C19H29N5O2/c1-3-21-19(26)14-4-6-17(22-12-14)23-10-8-16-15(13-23)5-7-18(25)24(16)11-9-20-2/h4,6,12,15-16,20H,3,5,7-11,13H2,1-2H3,(H,21,26)/t15-,16+/m0/s1. The number of rotatable bonds is 6. The van der Waals surface area contributed by atoms with Gasteiger partial charge >= 0.3 is 0 Å². The van der Waals surface area contributed by atoms with Crippen molar-refractivity contribution >= 4 is 17.6 Å². The third-order valence-electron chi connectivity index (χ3n) is 5.42. The lowest BCUT2D eigenvalue weighted by molar-refractivity contribution is -0.139. The highest BCUT2D eigenvalue weighted by atomic mass is 16.2. The molecule has 2 aliphatic heterocycles. The van der Waals surface area contributed by atoms with Gasteiger partial charge in [-0.25, -0.2) is 4.98 Å². The van der Waals surface area contributed by atoms with Crippen molar-refractivity contribution in [2.24, 2.45) is 5.92 Å². The lowest BCUT2D eigenvalue weighted by atomic mass is 9.83. The highest BCUT2D eigenvalue weighted by Crippen LogP contribution is 2.32. The number of hydrogen-bond acceptors (Lipinski definition) is 5. The van der Waals surface area contributed by atoms with E-state index < -0.39 is 0 Å². The Morgan fingerprint density at radius 3 is 2.88 bits per heavy atom. The first kappa shape index (κ1) is 18.6. The predicted octanol–water partition coefficient (Wildman–Crippen LogP) is 0.868. The first-order valence-corrected chi connectivity index (χ1v) is 9.57. The summed E-state index contributed by atoms with van der Waals surface area (Å²) in [5, 5.41) is 5.93. The molecule has 142 valence electrons. The number of likely N-dealkylation sites (N-methyl/N-ethyl adjacent to an activating group) is 1. The molecule has 0 spiro atoms. The van der Waals surface area contributed by atoms with Gasteiger partial charge in [-0.3, -0.25) is 9.59 Å². The van der Waals surface area contributed by atoms with E-state index in [1.54, 1.807) is 6.20 Å². The van der Waals surface area contributed by atoms with Gasteiger partial charge in [0.1, 0.15) is 5.82 Å². The van der Waals surface area contributed by atoms with Gasteiger partial charge in [-0.05, 0) is 44.9 Å². The van der Waals surface area contributed by atoms with Gasteiger partial charge in [-0.15, -0.1) is 0 Å². The third-order valence-corrected chi connectivity index (χ3v) is 5.42. The van der Waals surface area contributed by atoms with E-state index >= 15 is 0 Å². The van der Waals surface area contributed by atoms with Gasteiger partial charge in [0.05, 0.1) is 5.56 Å². The van der Waals surface area contributed by atoms with Crippen molar-refractivity contribution < 1.29 is 9.59 Å². The molecule has 1 aromatic heterocycles. The van der Waals surface area contributed by atoms with Crippen LogP contribution in [0.4, 0.5) is 5.82 Å².